The Hall–Kier alpha value is -4.35. The van der Waals surface area contributed by atoms with Crippen molar-refractivity contribution >= 4 is 28.5 Å². The Morgan fingerprint density at radius 2 is 2.00 bits per heavy atom. The van der Waals surface area contributed by atoms with E-state index in [4.69, 9.17) is 18.9 Å². The quantitative estimate of drug-likeness (QED) is 0.187. The van der Waals surface area contributed by atoms with Gasteiger partial charge in [0.25, 0.3) is 5.91 Å². The summed E-state index contributed by atoms with van der Waals surface area (Å²) in [5.41, 5.74) is 4.20. The van der Waals surface area contributed by atoms with Crippen molar-refractivity contribution in [2.75, 3.05) is 6.61 Å². The molecule has 222 valence electrons. The lowest BCUT2D eigenvalue weighted by atomic mass is 9.72. The number of carbonyl (C=O) groups excluding carboxylic acids is 1. The summed E-state index contributed by atoms with van der Waals surface area (Å²) < 4.78 is 17.4. The fraction of sp³-hybridized carbons (Fsp3) is 0.343. The molecule has 2 heterocycles. The molecule has 1 N–H and O–H groups in total. The molecule has 1 amide bonds. The van der Waals surface area contributed by atoms with Gasteiger partial charge < -0.3 is 19.2 Å². The maximum atomic E-state index is 13.5. The summed E-state index contributed by atoms with van der Waals surface area (Å²) in [5.74, 6) is 2.31. The first kappa shape index (κ1) is 30.1. The van der Waals surface area contributed by atoms with Crippen molar-refractivity contribution in [3.05, 3.63) is 99.3 Å². The second-order valence-electron chi connectivity index (χ2n) is 11.7. The van der Waals surface area contributed by atoms with Gasteiger partial charge in [0, 0.05) is 16.7 Å². The zero-order valence-corrected chi connectivity index (χ0v) is 25.9. The molecule has 4 aromatic rings. The fourth-order valence-electron chi connectivity index (χ4n) is 5.34. The van der Waals surface area contributed by atoms with Crippen LogP contribution < -0.4 is 14.8 Å². The van der Waals surface area contributed by atoms with Gasteiger partial charge in [-0.25, -0.2) is 4.99 Å². The van der Waals surface area contributed by atoms with Gasteiger partial charge >= 0.3 is 0 Å². The van der Waals surface area contributed by atoms with Crippen LogP contribution in [-0.4, -0.2) is 18.7 Å². The average molecular weight is 596 g/mol. The Labute approximate surface area is 257 Å². The summed E-state index contributed by atoms with van der Waals surface area (Å²) in [6.45, 7) is 9.84. The predicted molar refractivity (Wildman–Crippen MR) is 170 cm³/mol. The van der Waals surface area contributed by atoms with E-state index in [1.54, 1.807) is 29.9 Å². The third kappa shape index (κ3) is 7.18. The molecule has 0 aliphatic heterocycles. The summed E-state index contributed by atoms with van der Waals surface area (Å²) >= 11 is 1.62. The minimum absolute atomic E-state index is 0.133. The Kier molecular flexibility index (Phi) is 9.32. The van der Waals surface area contributed by atoms with Gasteiger partial charge in [0.2, 0.25) is 0 Å². The van der Waals surface area contributed by atoms with Crippen LogP contribution in [0.4, 0.5) is 5.00 Å². The molecule has 0 bridgehead atoms. The minimum Gasteiger partial charge on any atom is -0.490 e. The number of rotatable bonds is 10. The van der Waals surface area contributed by atoms with Gasteiger partial charge in [-0.05, 0) is 85.0 Å². The number of nitrogens with one attached hydrogen (secondary N) is 1. The number of benzene rings is 2. The monoisotopic (exact) mass is 595 g/mol. The number of furan rings is 1. The van der Waals surface area contributed by atoms with Crippen LogP contribution in [0, 0.1) is 22.7 Å². The molecule has 0 fully saturated rings. The van der Waals surface area contributed by atoms with Crippen molar-refractivity contribution in [3.63, 3.8) is 0 Å². The molecule has 1 atom stereocenters. The molecule has 5 rings (SSSR count). The van der Waals surface area contributed by atoms with Gasteiger partial charge in [-0.15, -0.1) is 11.3 Å². The first-order valence-corrected chi connectivity index (χ1v) is 15.4. The van der Waals surface area contributed by atoms with E-state index in [9.17, 15) is 10.1 Å². The Balaban J connectivity index is 1.40. The van der Waals surface area contributed by atoms with Crippen molar-refractivity contribution in [2.24, 2.45) is 16.3 Å². The first-order valence-electron chi connectivity index (χ1n) is 14.6. The van der Waals surface area contributed by atoms with Crippen molar-refractivity contribution < 1.29 is 18.7 Å². The van der Waals surface area contributed by atoms with E-state index in [1.807, 2.05) is 55.5 Å². The van der Waals surface area contributed by atoms with E-state index < -0.39 is 0 Å². The number of fused-ring (bicyclic) bond motifs is 1. The molecule has 7 nitrogen and oxygen atoms in total. The highest BCUT2D eigenvalue weighted by Gasteiger charge is 2.33. The maximum absolute atomic E-state index is 13.5. The largest absolute Gasteiger partial charge is 0.490 e. The Morgan fingerprint density at radius 3 is 2.74 bits per heavy atom. The SMILES string of the molecule is CCOc1cc(C=Nc2sc3c(c2C(=O)NCc2ccco2)CC[C@H](C(C)(C)C)C3)ccc1OCc1ccccc1C#N. The molecule has 0 unspecified atom stereocenters. The fourth-order valence-corrected chi connectivity index (χ4v) is 6.61. The van der Waals surface area contributed by atoms with Crippen molar-refractivity contribution in [1.82, 2.24) is 5.32 Å². The van der Waals surface area contributed by atoms with E-state index >= 15 is 0 Å². The van der Waals surface area contributed by atoms with Gasteiger partial charge in [-0.2, -0.15) is 5.26 Å². The Morgan fingerprint density at radius 1 is 1.16 bits per heavy atom. The molecule has 0 radical (unpaired) electrons. The topological polar surface area (TPSA) is 96.8 Å². The molecular formula is C35H37N3O4S. The summed E-state index contributed by atoms with van der Waals surface area (Å²) in [6, 6.07) is 18.9. The van der Waals surface area contributed by atoms with Gasteiger partial charge in [0.15, 0.2) is 11.5 Å². The first-order chi connectivity index (χ1) is 20.8. The molecule has 0 saturated carbocycles. The smallest absolute Gasteiger partial charge is 0.255 e. The number of aliphatic imine (C=N–C) groups is 1. The number of nitriles is 1. The van der Waals surface area contributed by atoms with Crippen LogP contribution >= 0.6 is 11.3 Å². The minimum atomic E-state index is -0.133. The lowest BCUT2D eigenvalue weighted by Crippen LogP contribution is -2.28. The van der Waals surface area contributed by atoms with E-state index in [1.165, 1.54) is 4.88 Å². The molecule has 43 heavy (non-hydrogen) atoms. The molecule has 1 aliphatic carbocycles. The van der Waals surface area contributed by atoms with Crippen LogP contribution in [0.5, 0.6) is 11.5 Å². The number of nitrogens with zero attached hydrogens (tertiary/aromatic N) is 2. The summed E-state index contributed by atoms with van der Waals surface area (Å²) in [7, 11) is 0. The van der Waals surface area contributed by atoms with E-state index in [2.05, 4.69) is 32.2 Å². The normalized spacial score (nSPS) is 14.7. The summed E-state index contributed by atoms with van der Waals surface area (Å²) in [6.07, 6.45) is 6.25. The lowest BCUT2D eigenvalue weighted by molar-refractivity contribution is 0.0947. The summed E-state index contributed by atoms with van der Waals surface area (Å²) in [5, 5.41) is 13.1. The van der Waals surface area contributed by atoms with E-state index in [0.717, 1.165) is 36.0 Å². The lowest BCUT2D eigenvalue weighted by Gasteiger charge is -2.33. The molecule has 1 aliphatic rings. The number of ether oxygens (including phenoxy) is 2. The van der Waals surface area contributed by atoms with Crippen LogP contribution in [0.1, 0.15) is 77.4 Å². The molecular weight excluding hydrogens is 558 g/mol. The van der Waals surface area contributed by atoms with Crippen molar-refractivity contribution in [2.45, 2.75) is 60.1 Å². The Bertz CT molecular complexity index is 1640. The van der Waals surface area contributed by atoms with Crippen LogP contribution in [0.15, 0.2) is 70.3 Å². The molecule has 2 aromatic carbocycles. The number of hydrogen-bond donors (Lipinski definition) is 1. The van der Waals surface area contributed by atoms with Gasteiger partial charge in [-0.3, -0.25) is 4.79 Å². The second kappa shape index (κ2) is 13.3. The molecule has 0 spiro atoms. The standard InChI is InChI=1S/C35H37N3O4S/c1-5-40-30-17-23(12-15-29(30)42-22-25-10-7-6-9-24(25)19-36)20-38-34-32(33(39)37-21-27-11-8-16-41-27)28-14-13-26(35(2,3)4)18-31(28)43-34/h6-12,15-17,20,26H,5,13-14,18,21-22H2,1-4H3,(H,37,39)/t26-/m0/s1. The third-order valence-electron chi connectivity index (χ3n) is 7.82. The molecule has 8 heteroatoms. The number of amides is 1. The third-order valence-corrected chi connectivity index (χ3v) is 8.98. The van der Waals surface area contributed by atoms with E-state index in [-0.39, 0.29) is 17.9 Å². The van der Waals surface area contributed by atoms with Crippen LogP contribution in [0.25, 0.3) is 0 Å². The average Bonchev–Trinajstić information content (AvgIpc) is 3.65. The van der Waals surface area contributed by atoms with Gasteiger partial charge in [-0.1, -0.05) is 39.0 Å². The van der Waals surface area contributed by atoms with Crippen molar-refractivity contribution in [1.29, 1.82) is 5.26 Å². The van der Waals surface area contributed by atoms with Gasteiger partial charge in [0.05, 0.1) is 36.6 Å². The summed E-state index contributed by atoms with van der Waals surface area (Å²) in [4.78, 5) is 19.6. The predicted octanol–water partition coefficient (Wildman–Crippen LogP) is 8.02. The maximum Gasteiger partial charge on any atom is 0.255 e. The zero-order chi connectivity index (χ0) is 30.4. The van der Waals surface area contributed by atoms with Crippen molar-refractivity contribution in [3.8, 4) is 17.6 Å². The van der Waals surface area contributed by atoms with Gasteiger partial charge in [0.1, 0.15) is 17.4 Å². The number of thiophene rings is 1. The second-order valence-corrected chi connectivity index (χ2v) is 12.8. The highest BCUT2D eigenvalue weighted by Crippen LogP contribution is 2.45. The molecule has 2 aromatic heterocycles. The number of hydrogen-bond acceptors (Lipinski definition) is 7. The molecule has 0 saturated heterocycles. The van der Waals surface area contributed by atoms with Crippen LogP contribution in [0.3, 0.4) is 0 Å². The highest BCUT2D eigenvalue weighted by atomic mass is 32.1. The van der Waals surface area contributed by atoms with E-state index in [0.29, 0.717) is 52.5 Å². The highest BCUT2D eigenvalue weighted by molar-refractivity contribution is 7.16. The van der Waals surface area contributed by atoms with Crippen LogP contribution in [0.2, 0.25) is 0 Å². The number of carbonyl (C=O) groups is 1. The zero-order valence-electron chi connectivity index (χ0n) is 25.1. The van der Waals surface area contributed by atoms with Crippen LogP contribution in [-0.2, 0) is 26.0 Å².